The van der Waals surface area contributed by atoms with E-state index in [4.69, 9.17) is 100 Å². The summed E-state index contributed by atoms with van der Waals surface area (Å²) in [6, 6.07) is 0. The molecule has 64 heavy (non-hydrogen) atoms. The van der Waals surface area contributed by atoms with Gasteiger partial charge in [-0.1, -0.05) is 14.4 Å². The van der Waals surface area contributed by atoms with Crippen molar-refractivity contribution in [2.24, 2.45) is 0 Å². The molecule has 0 aromatic carbocycles. The van der Waals surface area contributed by atoms with Crippen LogP contribution in [0.4, 0.5) is 0 Å². The summed E-state index contributed by atoms with van der Waals surface area (Å²) in [7, 11) is 1.64. The van der Waals surface area contributed by atoms with Crippen LogP contribution in [0.15, 0.2) is 0 Å². The minimum Gasteiger partial charge on any atom is -0.394 e. The third-order valence-electron chi connectivity index (χ3n) is 7.20. The molecule has 0 spiro atoms. The lowest BCUT2D eigenvalue weighted by Crippen LogP contribution is -2.15. The molecule has 0 aromatic rings. The van der Waals surface area contributed by atoms with Gasteiger partial charge in [-0.3, -0.25) is 0 Å². The van der Waals surface area contributed by atoms with Crippen molar-refractivity contribution in [3.63, 3.8) is 0 Å². The Morgan fingerprint density at radius 3 is 0.453 bits per heavy atom. The molecule has 0 rings (SSSR count). The van der Waals surface area contributed by atoms with Crippen molar-refractivity contribution in [3.05, 3.63) is 0 Å². The molecular formula is C43H92O21. The fourth-order valence-electron chi connectivity index (χ4n) is 4.14. The fraction of sp³-hybridized carbons (Fsp3) is 1.00. The molecule has 2 N–H and O–H groups in total. The first-order valence-electron chi connectivity index (χ1n) is 22.4. The number of rotatable bonds is 57. The van der Waals surface area contributed by atoms with Gasteiger partial charge in [-0.15, -0.1) is 0 Å². The molecule has 0 heterocycles. The highest BCUT2D eigenvalue weighted by molar-refractivity contribution is 4.41. The summed E-state index contributed by atoms with van der Waals surface area (Å²) in [5.74, 6) is 0. The molecule has 0 unspecified atom stereocenters. The monoisotopic (exact) mass is 945 g/mol. The second-order valence-corrected chi connectivity index (χ2v) is 12.5. The van der Waals surface area contributed by atoms with E-state index in [2.05, 4.69) is 6.92 Å². The summed E-state index contributed by atoms with van der Waals surface area (Å²) < 4.78 is 101. The van der Waals surface area contributed by atoms with Crippen LogP contribution in [0.1, 0.15) is 20.8 Å². The van der Waals surface area contributed by atoms with Gasteiger partial charge in [0.25, 0.3) is 0 Å². The largest absolute Gasteiger partial charge is 0.394 e. The van der Waals surface area contributed by atoms with E-state index in [9.17, 15) is 0 Å². The summed E-state index contributed by atoms with van der Waals surface area (Å²) >= 11 is 0. The molecule has 0 atom stereocenters. The van der Waals surface area contributed by atoms with Gasteiger partial charge in [-0.05, 0) is 6.42 Å². The first-order chi connectivity index (χ1) is 31.3. The third-order valence-corrected chi connectivity index (χ3v) is 7.20. The molecule has 0 bridgehead atoms. The Kier molecular flexibility index (Phi) is 72.4. The highest BCUT2D eigenvalue weighted by atomic mass is 16.6. The predicted molar refractivity (Wildman–Crippen MR) is 238 cm³/mol. The second kappa shape index (κ2) is 68.7. The van der Waals surface area contributed by atoms with Crippen LogP contribution in [0.2, 0.25) is 0 Å². The van der Waals surface area contributed by atoms with Crippen LogP contribution in [0.3, 0.4) is 0 Å². The Labute approximate surface area is 385 Å². The molecule has 0 saturated carbocycles. The van der Waals surface area contributed by atoms with E-state index in [0.29, 0.717) is 238 Å². The van der Waals surface area contributed by atoms with Crippen LogP contribution in [0.5, 0.6) is 0 Å². The van der Waals surface area contributed by atoms with Gasteiger partial charge in [0.1, 0.15) is 0 Å². The van der Waals surface area contributed by atoms with Crippen molar-refractivity contribution in [3.8, 4) is 0 Å². The van der Waals surface area contributed by atoms with E-state index < -0.39 is 0 Å². The number of hydrogen-bond acceptors (Lipinski definition) is 21. The smallest absolute Gasteiger partial charge is 0.0701 e. The van der Waals surface area contributed by atoms with Crippen LogP contribution >= 0.6 is 0 Å². The summed E-state index contributed by atoms with van der Waals surface area (Å²) in [5.41, 5.74) is 0. The molecule has 21 heteroatoms. The second-order valence-electron chi connectivity index (χ2n) is 12.5. The average molecular weight is 945 g/mol. The quantitative estimate of drug-likeness (QED) is 0.0812. The summed E-state index contributed by atoms with van der Waals surface area (Å²) in [5, 5.41) is 17.1. The Morgan fingerprint density at radius 2 is 0.328 bits per heavy atom. The molecule has 0 aliphatic carbocycles. The van der Waals surface area contributed by atoms with E-state index in [0.717, 1.165) is 13.0 Å². The van der Waals surface area contributed by atoms with Gasteiger partial charge in [0.2, 0.25) is 0 Å². The maximum atomic E-state index is 8.55. The highest BCUT2D eigenvalue weighted by Gasteiger charge is 1.98. The Morgan fingerprint density at radius 1 is 0.203 bits per heavy atom. The van der Waals surface area contributed by atoms with E-state index in [1.807, 2.05) is 0 Å². The number of hydrogen-bond donors (Lipinski definition) is 2. The Balaban J connectivity index is -0.00000117. The molecule has 0 radical (unpaired) electrons. The van der Waals surface area contributed by atoms with E-state index in [-0.39, 0.29) is 20.6 Å². The molecule has 0 saturated heterocycles. The van der Waals surface area contributed by atoms with Crippen LogP contribution < -0.4 is 0 Å². The van der Waals surface area contributed by atoms with Gasteiger partial charge in [0, 0.05) is 13.7 Å². The number of aliphatic hydroxyl groups is 2. The van der Waals surface area contributed by atoms with Crippen molar-refractivity contribution >= 4 is 0 Å². The first kappa shape index (κ1) is 67.4. The normalized spacial score (nSPS) is 11.2. The van der Waals surface area contributed by atoms with Crippen LogP contribution in [0, 0.1) is 0 Å². The van der Waals surface area contributed by atoms with Gasteiger partial charge < -0.3 is 100 Å². The first-order valence-corrected chi connectivity index (χ1v) is 22.4. The van der Waals surface area contributed by atoms with Crippen molar-refractivity contribution in [1.29, 1.82) is 0 Å². The topological polar surface area (TPSA) is 216 Å². The molecule has 0 aromatic heterocycles. The van der Waals surface area contributed by atoms with E-state index in [1.165, 1.54) is 0 Å². The van der Waals surface area contributed by atoms with Gasteiger partial charge in [0.15, 0.2) is 0 Å². The summed E-state index contributed by atoms with van der Waals surface area (Å²) in [4.78, 5) is 0. The number of methoxy groups -OCH3 is 1. The zero-order chi connectivity index (χ0) is 45.7. The van der Waals surface area contributed by atoms with E-state index >= 15 is 0 Å². The zero-order valence-electron chi connectivity index (χ0n) is 38.9. The fourth-order valence-corrected chi connectivity index (χ4v) is 4.14. The average Bonchev–Trinajstić information content (AvgIpc) is 3.30. The van der Waals surface area contributed by atoms with E-state index in [1.54, 1.807) is 7.11 Å². The lowest BCUT2D eigenvalue weighted by molar-refractivity contribution is -0.0274. The molecule has 390 valence electrons. The lowest BCUT2D eigenvalue weighted by atomic mass is 10.5. The van der Waals surface area contributed by atoms with Crippen molar-refractivity contribution < 1.29 is 100 Å². The van der Waals surface area contributed by atoms with Gasteiger partial charge in [-0.25, -0.2) is 0 Å². The molecule has 0 amide bonds. The van der Waals surface area contributed by atoms with Crippen molar-refractivity contribution in [1.82, 2.24) is 0 Å². The van der Waals surface area contributed by atoms with Crippen LogP contribution in [-0.4, -0.2) is 275 Å². The molecule has 0 aliphatic heterocycles. The van der Waals surface area contributed by atoms with Crippen LogP contribution in [0.25, 0.3) is 0 Å². The maximum Gasteiger partial charge on any atom is 0.0701 e. The van der Waals surface area contributed by atoms with Gasteiger partial charge >= 0.3 is 0 Å². The Hall–Kier alpha value is -0.840. The zero-order valence-corrected chi connectivity index (χ0v) is 38.9. The lowest BCUT2D eigenvalue weighted by Gasteiger charge is -2.09. The SMILES string of the molecule is C.CCCOCCOCCOCCOCCOCCOCCOCCOCCO.COCCOCCOCCOCCOCCOCCOCCOCCOCCOCCOCCO. The standard InChI is InChI=1S/C23H48O12.C19H40O9.CH4/c1-25-4-5-27-8-9-29-12-13-31-16-17-33-20-21-35-23-22-34-19-18-32-15-14-30-11-10-28-7-6-26-3-2-24;1-2-4-21-6-8-23-10-12-25-14-16-27-18-19-28-17-15-26-13-11-24-9-7-22-5-3-20;/h24H,2-23H2,1H3;20H,2-19H2,1H3;1H4. The predicted octanol–water partition coefficient (Wildman–Crippen LogP) is 0.949. The third kappa shape index (κ3) is 70.2. The van der Waals surface area contributed by atoms with Crippen molar-refractivity contribution in [2.45, 2.75) is 20.8 Å². The molecule has 21 nitrogen and oxygen atoms in total. The number of aliphatic hydroxyl groups excluding tert-OH is 2. The highest BCUT2D eigenvalue weighted by Crippen LogP contribution is 1.89. The Bertz CT molecular complexity index is 695. The van der Waals surface area contributed by atoms with Gasteiger partial charge in [0.05, 0.1) is 251 Å². The summed E-state index contributed by atoms with van der Waals surface area (Å²) in [6.45, 7) is 21.7. The minimum absolute atomic E-state index is 0. The maximum absolute atomic E-state index is 8.55. The molecular weight excluding hydrogens is 852 g/mol. The van der Waals surface area contributed by atoms with Gasteiger partial charge in [-0.2, -0.15) is 0 Å². The minimum atomic E-state index is 0. The summed E-state index contributed by atoms with van der Waals surface area (Å²) in [6.07, 6.45) is 1.03. The van der Waals surface area contributed by atoms with Crippen molar-refractivity contribution in [2.75, 3.05) is 265 Å². The molecule has 0 aliphatic rings. The molecule has 0 fully saturated rings. The number of ether oxygens (including phenoxy) is 19. The van der Waals surface area contributed by atoms with Crippen LogP contribution in [-0.2, 0) is 90.0 Å².